The molecule has 3 nitrogen and oxygen atoms in total. The second-order valence-corrected chi connectivity index (χ2v) is 4.92. The molecule has 1 rings (SSSR count). The number of rotatable bonds is 4. The van der Waals surface area contributed by atoms with Crippen molar-refractivity contribution in [3.05, 3.63) is 15.9 Å². The Labute approximate surface area is 99.6 Å². The predicted octanol–water partition coefficient (Wildman–Crippen LogP) is 2.44. The first-order chi connectivity index (χ1) is 6.97. The summed E-state index contributed by atoms with van der Waals surface area (Å²) >= 11 is 3.51. The van der Waals surface area contributed by atoms with Gasteiger partial charge in [0.2, 0.25) is 0 Å². The maximum absolute atomic E-state index is 9.97. The SMILES string of the molecule is CCC(C)C(O)Cc1c(Br)c(C)nn1C. The van der Waals surface area contributed by atoms with E-state index in [-0.39, 0.29) is 6.10 Å². The molecule has 15 heavy (non-hydrogen) atoms. The van der Waals surface area contributed by atoms with Gasteiger partial charge in [0, 0.05) is 13.5 Å². The molecule has 0 spiro atoms. The number of hydrogen-bond donors (Lipinski definition) is 1. The average molecular weight is 275 g/mol. The molecule has 0 aliphatic carbocycles. The van der Waals surface area contributed by atoms with Crippen molar-refractivity contribution < 1.29 is 5.11 Å². The number of aromatic nitrogens is 2. The zero-order valence-corrected chi connectivity index (χ0v) is 11.4. The van der Waals surface area contributed by atoms with Gasteiger partial charge in [-0.1, -0.05) is 20.3 Å². The fourth-order valence-corrected chi connectivity index (χ4v) is 2.07. The second kappa shape index (κ2) is 5.12. The Hall–Kier alpha value is -0.350. The summed E-state index contributed by atoms with van der Waals surface area (Å²) in [5, 5.41) is 14.3. The van der Waals surface area contributed by atoms with Gasteiger partial charge in [0.1, 0.15) is 0 Å². The Morgan fingerprint density at radius 3 is 2.53 bits per heavy atom. The molecular weight excluding hydrogens is 256 g/mol. The minimum absolute atomic E-state index is 0.291. The molecule has 0 fully saturated rings. The molecule has 2 unspecified atom stereocenters. The van der Waals surface area contributed by atoms with Gasteiger partial charge in [-0.3, -0.25) is 4.68 Å². The van der Waals surface area contributed by atoms with Crippen LogP contribution < -0.4 is 0 Å². The summed E-state index contributed by atoms with van der Waals surface area (Å²) in [6.07, 6.45) is 1.36. The van der Waals surface area contributed by atoms with Crippen LogP contribution in [0.1, 0.15) is 31.7 Å². The maximum atomic E-state index is 9.97. The largest absolute Gasteiger partial charge is 0.392 e. The summed E-state index contributed by atoms with van der Waals surface area (Å²) in [4.78, 5) is 0. The van der Waals surface area contributed by atoms with E-state index in [4.69, 9.17) is 0 Å². The van der Waals surface area contributed by atoms with Crippen molar-refractivity contribution in [2.75, 3.05) is 0 Å². The minimum atomic E-state index is -0.291. The van der Waals surface area contributed by atoms with Crippen LogP contribution in [-0.4, -0.2) is 21.0 Å². The third-order valence-corrected chi connectivity index (χ3v) is 4.00. The van der Waals surface area contributed by atoms with E-state index in [1.807, 2.05) is 18.7 Å². The first kappa shape index (κ1) is 12.7. The zero-order chi connectivity index (χ0) is 11.6. The lowest BCUT2D eigenvalue weighted by Gasteiger charge is -2.17. The van der Waals surface area contributed by atoms with Crippen molar-refractivity contribution in [1.29, 1.82) is 0 Å². The molecule has 1 N–H and O–H groups in total. The highest BCUT2D eigenvalue weighted by molar-refractivity contribution is 9.10. The van der Waals surface area contributed by atoms with Gasteiger partial charge >= 0.3 is 0 Å². The number of hydrogen-bond acceptors (Lipinski definition) is 2. The number of aliphatic hydroxyl groups excluding tert-OH is 1. The van der Waals surface area contributed by atoms with Gasteiger partial charge in [-0.25, -0.2) is 0 Å². The van der Waals surface area contributed by atoms with Crippen molar-refractivity contribution in [1.82, 2.24) is 9.78 Å². The number of aliphatic hydroxyl groups is 1. The number of halogens is 1. The first-order valence-corrected chi connectivity index (χ1v) is 6.12. The van der Waals surface area contributed by atoms with Crippen LogP contribution in [-0.2, 0) is 13.5 Å². The number of aryl methyl sites for hydroxylation is 2. The number of nitrogens with zero attached hydrogens (tertiary/aromatic N) is 2. The third kappa shape index (κ3) is 2.82. The smallest absolute Gasteiger partial charge is 0.0738 e. The van der Waals surface area contributed by atoms with Gasteiger partial charge in [0.25, 0.3) is 0 Å². The molecule has 1 heterocycles. The first-order valence-electron chi connectivity index (χ1n) is 5.33. The van der Waals surface area contributed by atoms with Gasteiger partial charge in [-0.15, -0.1) is 0 Å². The zero-order valence-electron chi connectivity index (χ0n) is 9.79. The summed E-state index contributed by atoms with van der Waals surface area (Å²) in [5.41, 5.74) is 2.05. The molecule has 1 aromatic rings. The molecule has 4 heteroatoms. The van der Waals surface area contributed by atoms with Crippen molar-refractivity contribution in [3.8, 4) is 0 Å². The van der Waals surface area contributed by atoms with Gasteiger partial charge in [-0.05, 0) is 28.8 Å². The Morgan fingerprint density at radius 1 is 1.53 bits per heavy atom. The van der Waals surface area contributed by atoms with E-state index in [0.717, 1.165) is 22.3 Å². The molecule has 0 saturated heterocycles. The van der Waals surface area contributed by atoms with Crippen LogP contribution in [0.3, 0.4) is 0 Å². The highest BCUT2D eigenvalue weighted by atomic mass is 79.9. The molecule has 0 aliphatic heterocycles. The minimum Gasteiger partial charge on any atom is -0.392 e. The van der Waals surface area contributed by atoms with Crippen LogP contribution in [0, 0.1) is 12.8 Å². The summed E-state index contributed by atoms with van der Waals surface area (Å²) < 4.78 is 2.86. The lowest BCUT2D eigenvalue weighted by atomic mass is 9.98. The van der Waals surface area contributed by atoms with Crippen LogP contribution in [0.15, 0.2) is 4.47 Å². The topological polar surface area (TPSA) is 38.1 Å². The maximum Gasteiger partial charge on any atom is 0.0738 e. The van der Waals surface area contributed by atoms with Crippen molar-refractivity contribution in [2.24, 2.45) is 13.0 Å². The van der Waals surface area contributed by atoms with Crippen LogP contribution in [0.25, 0.3) is 0 Å². The second-order valence-electron chi connectivity index (χ2n) is 4.13. The van der Waals surface area contributed by atoms with Crippen LogP contribution in [0.5, 0.6) is 0 Å². The molecule has 0 saturated carbocycles. The lowest BCUT2D eigenvalue weighted by Crippen LogP contribution is -2.21. The van der Waals surface area contributed by atoms with Crippen molar-refractivity contribution >= 4 is 15.9 Å². The fraction of sp³-hybridized carbons (Fsp3) is 0.727. The van der Waals surface area contributed by atoms with E-state index in [1.165, 1.54) is 0 Å². The summed E-state index contributed by atoms with van der Waals surface area (Å²) in [7, 11) is 1.91. The van der Waals surface area contributed by atoms with Crippen LogP contribution >= 0.6 is 15.9 Å². The average Bonchev–Trinajstić information content (AvgIpc) is 2.43. The van der Waals surface area contributed by atoms with Crippen molar-refractivity contribution in [2.45, 2.75) is 39.7 Å². The van der Waals surface area contributed by atoms with Gasteiger partial charge in [0.05, 0.1) is 22.0 Å². The van der Waals surface area contributed by atoms with E-state index in [2.05, 4.69) is 34.9 Å². The standard InChI is InChI=1S/C11H19BrN2O/c1-5-7(2)10(15)6-9-11(12)8(3)13-14(9)4/h7,10,15H,5-6H2,1-4H3. The highest BCUT2D eigenvalue weighted by Gasteiger charge is 2.18. The molecule has 86 valence electrons. The Bertz CT molecular complexity index is 336. The third-order valence-electron chi connectivity index (χ3n) is 2.96. The quantitative estimate of drug-likeness (QED) is 0.916. The van der Waals surface area contributed by atoms with E-state index >= 15 is 0 Å². The summed E-state index contributed by atoms with van der Waals surface area (Å²) in [5.74, 6) is 0.326. The van der Waals surface area contributed by atoms with Gasteiger partial charge in [0.15, 0.2) is 0 Å². The fourth-order valence-electron chi connectivity index (χ4n) is 1.57. The molecule has 0 bridgehead atoms. The molecule has 0 aliphatic rings. The Kier molecular flexibility index (Phi) is 4.34. The molecule has 0 aromatic carbocycles. The molecule has 0 radical (unpaired) electrons. The highest BCUT2D eigenvalue weighted by Crippen LogP contribution is 2.23. The summed E-state index contributed by atoms with van der Waals surface area (Å²) in [6.45, 7) is 6.13. The molecular formula is C11H19BrN2O. The van der Waals surface area contributed by atoms with Gasteiger partial charge < -0.3 is 5.11 Å². The molecule has 0 amide bonds. The lowest BCUT2D eigenvalue weighted by molar-refractivity contribution is 0.112. The summed E-state index contributed by atoms with van der Waals surface area (Å²) in [6, 6.07) is 0. The van der Waals surface area contributed by atoms with Crippen LogP contribution in [0.2, 0.25) is 0 Å². The van der Waals surface area contributed by atoms with E-state index < -0.39 is 0 Å². The Balaban J connectivity index is 2.80. The normalized spacial score (nSPS) is 15.3. The van der Waals surface area contributed by atoms with Crippen molar-refractivity contribution in [3.63, 3.8) is 0 Å². The molecule has 2 atom stereocenters. The monoisotopic (exact) mass is 274 g/mol. The Morgan fingerprint density at radius 2 is 2.13 bits per heavy atom. The van der Waals surface area contributed by atoms with E-state index in [0.29, 0.717) is 12.3 Å². The van der Waals surface area contributed by atoms with E-state index in [1.54, 1.807) is 0 Å². The molecule has 1 aromatic heterocycles. The van der Waals surface area contributed by atoms with Gasteiger partial charge in [-0.2, -0.15) is 5.10 Å². The van der Waals surface area contributed by atoms with E-state index in [9.17, 15) is 5.11 Å². The van der Waals surface area contributed by atoms with Crippen LogP contribution in [0.4, 0.5) is 0 Å². The predicted molar refractivity (Wildman–Crippen MR) is 64.8 cm³/mol.